The Bertz CT molecular complexity index is 840. The molecule has 0 atom stereocenters. The van der Waals surface area contributed by atoms with E-state index in [2.05, 4.69) is 20.6 Å². The normalized spacial score (nSPS) is 11.1. The van der Waals surface area contributed by atoms with Crippen LogP contribution in [0.25, 0.3) is 5.65 Å². The topological polar surface area (TPSA) is 77.1 Å². The fourth-order valence-electron chi connectivity index (χ4n) is 2.05. The Morgan fingerprint density at radius 1 is 1.29 bits per heavy atom. The second-order valence-electron chi connectivity index (χ2n) is 4.60. The lowest BCUT2D eigenvalue weighted by Crippen LogP contribution is -2.16. The molecule has 0 unspecified atom stereocenters. The predicted octanol–water partition coefficient (Wildman–Crippen LogP) is 0.707. The summed E-state index contributed by atoms with van der Waals surface area (Å²) in [4.78, 5) is 16.5. The van der Waals surface area contributed by atoms with Crippen molar-refractivity contribution < 1.29 is 0 Å². The highest BCUT2D eigenvalue weighted by Gasteiger charge is 2.06. The van der Waals surface area contributed by atoms with Crippen molar-refractivity contribution in [3.05, 3.63) is 57.4 Å². The Hall–Kier alpha value is -2.25. The molecule has 0 saturated heterocycles. The van der Waals surface area contributed by atoms with E-state index in [1.54, 1.807) is 23.0 Å². The molecule has 0 amide bonds. The van der Waals surface area contributed by atoms with Crippen LogP contribution in [-0.4, -0.2) is 31.4 Å². The number of aromatic nitrogens is 5. The Morgan fingerprint density at radius 2 is 2.14 bits per heavy atom. The molecule has 0 aliphatic rings. The van der Waals surface area contributed by atoms with E-state index in [1.165, 1.54) is 10.5 Å². The summed E-state index contributed by atoms with van der Waals surface area (Å²) in [7, 11) is 1.84. The van der Waals surface area contributed by atoms with Gasteiger partial charge in [-0.25, -0.2) is 9.67 Å². The summed E-state index contributed by atoms with van der Waals surface area (Å²) in [6.07, 6.45) is 3.37. The van der Waals surface area contributed by atoms with Gasteiger partial charge in [0.15, 0.2) is 0 Å². The smallest absolute Gasteiger partial charge is 0.258 e. The minimum Gasteiger partial charge on any atom is -0.314 e. The summed E-state index contributed by atoms with van der Waals surface area (Å²) in [5, 5.41) is 11.5. The summed E-state index contributed by atoms with van der Waals surface area (Å²) in [6, 6.07) is 4.89. The molecule has 0 aliphatic carbocycles. The molecule has 1 N–H and O–H groups in total. The number of hydrogen-bond acceptors (Lipinski definition) is 5. The van der Waals surface area contributed by atoms with Crippen LogP contribution in [0, 0.1) is 0 Å². The van der Waals surface area contributed by atoms with E-state index in [-0.39, 0.29) is 5.56 Å². The number of rotatable bonds is 4. The van der Waals surface area contributed by atoms with Crippen LogP contribution in [0.1, 0.15) is 11.4 Å². The van der Waals surface area contributed by atoms with Gasteiger partial charge in [-0.15, -0.1) is 5.10 Å². The largest absolute Gasteiger partial charge is 0.314 e. The van der Waals surface area contributed by atoms with Gasteiger partial charge in [0.05, 0.1) is 29.2 Å². The third kappa shape index (κ3) is 2.93. The number of nitrogens with zero attached hydrogens (tertiary/aromatic N) is 5. The summed E-state index contributed by atoms with van der Waals surface area (Å²) in [5.74, 6) is 0. The molecule has 3 heterocycles. The molecule has 0 aliphatic heterocycles. The van der Waals surface area contributed by atoms with Gasteiger partial charge >= 0.3 is 0 Å². The summed E-state index contributed by atoms with van der Waals surface area (Å²) >= 11 is 5.88. The minimum absolute atomic E-state index is 0.173. The van der Waals surface area contributed by atoms with Crippen molar-refractivity contribution in [3.63, 3.8) is 0 Å². The van der Waals surface area contributed by atoms with Crippen LogP contribution in [0.2, 0.25) is 5.02 Å². The second-order valence-corrected chi connectivity index (χ2v) is 5.04. The van der Waals surface area contributed by atoms with E-state index in [1.807, 2.05) is 13.2 Å². The van der Waals surface area contributed by atoms with E-state index in [0.29, 0.717) is 29.5 Å². The molecule has 3 aromatic rings. The molecule has 0 aromatic carbocycles. The Kier molecular flexibility index (Phi) is 3.68. The number of halogens is 1. The van der Waals surface area contributed by atoms with Crippen molar-refractivity contribution >= 4 is 17.2 Å². The van der Waals surface area contributed by atoms with Crippen molar-refractivity contribution in [2.75, 3.05) is 7.05 Å². The van der Waals surface area contributed by atoms with E-state index in [0.717, 1.165) is 5.69 Å². The first-order chi connectivity index (χ1) is 10.2. The molecule has 0 bridgehead atoms. The first-order valence-corrected chi connectivity index (χ1v) is 6.75. The van der Waals surface area contributed by atoms with Crippen LogP contribution in [-0.2, 0) is 13.1 Å². The number of pyridine rings is 1. The van der Waals surface area contributed by atoms with Crippen LogP contribution < -0.4 is 10.9 Å². The van der Waals surface area contributed by atoms with Crippen molar-refractivity contribution in [1.29, 1.82) is 0 Å². The number of hydrogen-bond donors (Lipinski definition) is 1. The standard InChI is InChI=1S/C13H13ClN6O/c1-15-5-11-8-19(18-17-11)7-10-4-13(21)20-6-9(14)2-3-12(20)16-10/h2-4,6,8,15H,5,7H2,1H3. The molecule has 0 fully saturated rings. The number of fused-ring (bicyclic) bond motifs is 1. The lowest BCUT2D eigenvalue weighted by Gasteiger charge is -2.04. The molecular weight excluding hydrogens is 292 g/mol. The Balaban J connectivity index is 1.93. The maximum Gasteiger partial charge on any atom is 0.258 e. The fraction of sp³-hybridized carbons (Fsp3) is 0.231. The molecule has 3 aromatic heterocycles. The van der Waals surface area contributed by atoms with Gasteiger partial charge in [0.25, 0.3) is 5.56 Å². The maximum absolute atomic E-state index is 12.1. The van der Waals surface area contributed by atoms with Crippen LogP contribution in [0.15, 0.2) is 35.4 Å². The third-order valence-corrected chi connectivity index (χ3v) is 3.17. The molecule has 0 saturated carbocycles. The van der Waals surface area contributed by atoms with E-state index < -0.39 is 0 Å². The van der Waals surface area contributed by atoms with E-state index >= 15 is 0 Å². The average Bonchev–Trinajstić information content (AvgIpc) is 2.87. The quantitative estimate of drug-likeness (QED) is 0.768. The lowest BCUT2D eigenvalue weighted by molar-refractivity contribution is 0.637. The van der Waals surface area contributed by atoms with Gasteiger partial charge < -0.3 is 5.32 Å². The van der Waals surface area contributed by atoms with Gasteiger partial charge in [-0.1, -0.05) is 16.8 Å². The Morgan fingerprint density at radius 3 is 2.95 bits per heavy atom. The molecule has 21 heavy (non-hydrogen) atoms. The third-order valence-electron chi connectivity index (χ3n) is 2.94. The average molecular weight is 305 g/mol. The zero-order chi connectivity index (χ0) is 14.8. The molecule has 7 nitrogen and oxygen atoms in total. The fourth-order valence-corrected chi connectivity index (χ4v) is 2.21. The van der Waals surface area contributed by atoms with Gasteiger partial charge in [-0.3, -0.25) is 9.20 Å². The molecular formula is C13H13ClN6O. The van der Waals surface area contributed by atoms with Gasteiger partial charge in [-0.2, -0.15) is 0 Å². The van der Waals surface area contributed by atoms with Crippen molar-refractivity contribution in [2.45, 2.75) is 13.1 Å². The Labute approximate surface area is 125 Å². The first kappa shape index (κ1) is 13.7. The highest BCUT2D eigenvalue weighted by Crippen LogP contribution is 2.08. The monoisotopic (exact) mass is 304 g/mol. The zero-order valence-corrected chi connectivity index (χ0v) is 12.1. The predicted molar refractivity (Wildman–Crippen MR) is 78.4 cm³/mol. The van der Waals surface area contributed by atoms with Gasteiger partial charge in [-0.05, 0) is 19.2 Å². The zero-order valence-electron chi connectivity index (χ0n) is 11.3. The summed E-state index contributed by atoms with van der Waals surface area (Å²) in [6.45, 7) is 1.04. The van der Waals surface area contributed by atoms with Gasteiger partial charge in [0.1, 0.15) is 5.65 Å². The van der Waals surface area contributed by atoms with Crippen molar-refractivity contribution in [2.24, 2.45) is 0 Å². The molecule has 0 radical (unpaired) electrons. The highest BCUT2D eigenvalue weighted by atomic mass is 35.5. The van der Waals surface area contributed by atoms with Crippen LogP contribution in [0.3, 0.4) is 0 Å². The summed E-state index contributed by atoms with van der Waals surface area (Å²) < 4.78 is 3.07. The van der Waals surface area contributed by atoms with E-state index in [9.17, 15) is 4.79 Å². The lowest BCUT2D eigenvalue weighted by atomic mass is 10.3. The summed E-state index contributed by atoms with van der Waals surface area (Å²) in [5.41, 5.74) is 1.84. The first-order valence-electron chi connectivity index (χ1n) is 6.37. The molecule has 108 valence electrons. The molecule has 3 rings (SSSR count). The van der Waals surface area contributed by atoms with E-state index in [4.69, 9.17) is 11.6 Å². The minimum atomic E-state index is -0.173. The highest BCUT2D eigenvalue weighted by molar-refractivity contribution is 6.30. The second kappa shape index (κ2) is 5.63. The maximum atomic E-state index is 12.1. The van der Waals surface area contributed by atoms with Gasteiger partial charge in [0.2, 0.25) is 0 Å². The number of nitrogens with one attached hydrogen (secondary N) is 1. The van der Waals surface area contributed by atoms with Crippen LogP contribution in [0.4, 0.5) is 0 Å². The van der Waals surface area contributed by atoms with Crippen molar-refractivity contribution in [1.82, 2.24) is 29.7 Å². The van der Waals surface area contributed by atoms with Crippen LogP contribution in [0.5, 0.6) is 0 Å². The molecule has 0 spiro atoms. The molecule has 8 heteroatoms. The van der Waals surface area contributed by atoms with Crippen molar-refractivity contribution in [3.8, 4) is 0 Å². The van der Waals surface area contributed by atoms with Gasteiger partial charge in [0, 0.05) is 18.8 Å². The van der Waals surface area contributed by atoms with Crippen LogP contribution >= 0.6 is 11.6 Å². The SMILES string of the molecule is CNCc1cn(Cc2cc(=O)n3cc(Cl)ccc3n2)nn1.